The quantitative estimate of drug-likeness (QED) is 0.851. The maximum Gasteiger partial charge on any atom is 0.119 e. The van der Waals surface area contributed by atoms with Gasteiger partial charge in [0.25, 0.3) is 0 Å². The molecule has 0 N–H and O–H groups in total. The van der Waals surface area contributed by atoms with Crippen LogP contribution in [0, 0.1) is 11.3 Å². The van der Waals surface area contributed by atoms with Crippen LogP contribution in [0.5, 0.6) is 5.75 Å². The predicted octanol–water partition coefficient (Wildman–Crippen LogP) is 3.97. The molecule has 2 rings (SSSR count). The van der Waals surface area contributed by atoms with Crippen molar-refractivity contribution >= 4 is 21.6 Å². The third kappa shape index (κ3) is 3.31. The molecule has 0 aliphatic carbocycles. The Kier molecular flexibility index (Phi) is 4.65. The maximum atomic E-state index is 9.22. The summed E-state index contributed by atoms with van der Waals surface area (Å²) in [5.41, 5.74) is 2.71. The van der Waals surface area contributed by atoms with Crippen LogP contribution in [-0.2, 0) is 6.54 Å². The first-order valence-corrected chi connectivity index (χ1v) is 6.97. The van der Waals surface area contributed by atoms with Crippen molar-refractivity contribution in [3.05, 3.63) is 58.1 Å². The van der Waals surface area contributed by atoms with Gasteiger partial charge in [-0.1, -0.05) is 28.1 Å². The van der Waals surface area contributed by atoms with Crippen LogP contribution in [0.25, 0.3) is 0 Å². The zero-order chi connectivity index (χ0) is 14.5. The highest BCUT2D eigenvalue weighted by Crippen LogP contribution is 2.25. The van der Waals surface area contributed by atoms with E-state index >= 15 is 0 Å². The highest BCUT2D eigenvalue weighted by atomic mass is 79.9. The van der Waals surface area contributed by atoms with E-state index in [0.29, 0.717) is 12.1 Å². The molecular weight excluding hydrogens is 316 g/mol. The lowest BCUT2D eigenvalue weighted by Gasteiger charge is -2.21. The number of methoxy groups -OCH3 is 1. The molecule has 0 bridgehead atoms. The highest BCUT2D eigenvalue weighted by molar-refractivity contribution is 9.10. The average Bonchev–Trinajstić information content (AvgIpc) is 2.47. The zero-order valence-corrected chi connectivity index (χ0v) is 13.0. The molecule has 2 aromatic carbocycles. The summed E-state index contributed by atoms with van der Waals surface area (Å²) in [5.74, 6) is 0.840. The largest absolute Gasteiger partial charge is 0.497 e. The first kappa shape index (κ1) is 14.4. The second-order valence-corrected chi connectivity index (χ2v) is 5.40. The van der Waals surface area contributed by atoms with E-state index in [1.54, 1.807) is 7.11 Å². The maximum absolute atomic E-state index is 9.22. The average molecular weight is 331 g/mol. The molecule has 0 saturated carbocycles. The Bertz CT molecular complexity index is 649. The molecule has 0 aromatic heterocycles. The molecule has 0 aliphatic rings. The van der Waals surface area contributed by atoms with Crippen molar-refractivity contribution in [2.75, 3.05) is 19.1 Å². The molecule has 0 amide bonds. The van der Waals surface area contributed by atoms with Gasteiger partial charge in [0.05, 0.1) is 18.4 Å². The molecule has 0 radical (unpaired) electrons. The van der Waals surface area contributed by atoms with E-state index in [1.807, 2.05) is 49.5 Å². The fraction of sp³-hybridized carbons (Fsp3) is 0.188. The van der Waals surface area contributed by atoms with Crippen molar-refractivity contribution in [3.8, 4) is 11.8 Å². The summed E-state index contributed by atoms with van der Waals surface area (Å²) >= 11 is 3.39. The van der Waals surface area contributed by atoms with E-state index in [2.05, 4.69) is 26.9 Å². The zero-order valence-electron chi connectivity index (χ0n) is 11.4. The number of benzene rings is 2. The SMILES string of the molecule is COc1cccc(CN(C)c2ccc(Br)cc2C#N)c1. The molecule has 0 fully saturated rings. The van der Waals surface area contributed by atoms with E-state index in [1.165, 1.54) is 0 Å². The fourth-order valence-electron chi connectivity index (χ4n) is 2.06. The number of hydrogen-bond donors (Lipinski definition) is 0. The van der Waals surface area contributed by atoms with Gasteiger partial charge in [-0.05, 0) is 35.9 Å². The second kappa shape index (κ2) is 6.44. The molecule has 0 atom stereocenters. The van der Waals surface area contributed by atoms with Crippen molar-refractivity contribution in [2.45, 2.75) is 6.54 Å². The highest BCUT2D eigenvalue weighted by Gasteiger charge is 2.09. The van der Waals surface area contributed by atoms with Crippen molar-refractivity contribution in [1.82, 2.24) is 0 Å². The minimum absolute atomic E-state index is 0.657. The lowest BCUT2D eigenvalue weighted by Crippen LogP contribution is -2.17. The molecule has 0 unspecified atom stereocenters. The Morgan fingerprint density at radius 1 is 1.25 bits per heavy atom. The second-order valence-electron chi connectivity index (χ2n) is 4.48. The number of halogens is 1. The molecule has 4 heteroatoms. The molecule has 2 aromatic rings. The molecular formula is C16H15BrN2O. The number of nitrogens with zero attached hydrogens (tertiary/aromatic N) is 2. The Morgan fingerprint density at radius 2 is 2.05 bits per heavy atom. The van der Waals surface area contributed by atoms with Crippen LogP contribution in [0.3, 0.4) is 0 Å². The summed E-state index contributed by atoms with van der Waals surface area (Å²) in [4.78, 5) is 2.06. The predicted molar refractivity (Wildman–Crippen MR) is 84.0 cm³/mol. The lowest BCUT2D eigenvalue weighted by atomic mass is 10.1. The Hall–Kier alpha value is -1.99. The number of ether oxygens (including phenoxy) is 1. The first-order chi connectivity index (χ1) is 9.63. The van der Waals surface area contributed by atoms with Gasteiger partial charge in [-0.2, -0.15) is 5.26 Å². The normalized spacial score (nSPS) is 9.90. The van der Waals surface area contributed by atoms with Gasteiger partial charge in [0.2, 0.25) is 0 Å². The van der Waals surface area contributed by atoms with Gasteiger partial charge in [0, 0.05) is 18.1 Å². The summed E-state index contributed by atoms with van der Waals surface area (Å²) < 4.78 is 6.14. The van der Waals surface area contributed by atoms with E-state index < -0.39 is 0 Å². The lowest BCUT2D eigenvalue weighted by molar-refractivity contribution is 0.414. The van der Waals surface area contributed by atoms with E-state index in [9.17, 15) is 5.26 Å². The van der Waals surface area contributed by atoms with Gasteiger partial charge < -0.3 is 9.64 Å². The smallest absolute Gasteiger partial charge is 0.119 e. The van der Waals surface area contributed by atoms with Gasteiger partial charge >= 0.3 is 0 Å². The van der Waals surface area contributed by atoms with Crippen molar-refractivity contribution in [3.63, 3.8) is 0 Å². The number of hydrogen-bond acceptors (Lipinski definition) is 3. The number of nitriles is 1. The third-order valence-corrected chi connectivity index (χ3v) is 3.54. The van der Waals surface area contributed by atoms with Crippen LogP contribution in [0.2, 0.25) is 0 Å². The standard InChI is InChI=1S/C16H15BrN2O/c1-19(11-12-4-3-5-15(8-12)20-2)16-7-6-14(17)9-13(16)10-18/h3-9H,11H2,1-2H3. The van der Waals surface area contributed by atoms with E-state index in [0.717, 1.165) is 21.5 Å². The van der Waals surface area contributed by atoms with Gasteiger partial charge in [-0.3, -0.25) is 0 Å². The van der Waals surface area contributed by atoms with Crippen LogP contribution in [-0.4, -0.2) is 14.2 Å². The number of rotatable bonds is 4. The minimum Gasteiger partial charge on any atom is -0.497 e. The Morgan fingerprint density at radius 3 is 2.75 bits per heavy atom. The Balaban J connectivity index is 2.24. The summed E-state index contributed by atoms with van der Waals surface area (Å²) in [6.45, 7) is 0.716. The van der Waals surface area contributed by atoms with Crippen LogP contribution >= 0.6 is 15.9 Å². The van der Waals surface area contributed by atoms with Crippen LogP contribution < -0.4 is 9.64 Å². The summed E-state index contributed by atoms with van der Waals surface area (Å²) in [7, 11) is 3.63. The molecule has 0 saturated heterocycles. The summed E-state index contributed by atoms with van der Waals surface area (Å²) in [5, 5.41) is 9.22. The van der Waals surface area contributed by atoms with Crippen LogP contribution in [0.1, 0.15) is 11.1 Å². The molecule has 20 heavy (non-hydrogen) atoms. The van der Waals surface area contributed by atoms with E-state index in [4.69, 9.17) is 4.74 Å². The molecule has 0 spiro atoms. The van der Waals surface area contributed by atoms with Crippen molar-refractivity contribution in [2.24, 2.45) is 0 Å². The molecule has 0 heterocycles. The third-order valence-electron chi connectivity index (χ3n) is 3.04. The fourth-order valence-corrected chi connectivity index (χ4v) is 2.42. The van der Waals surface area contributed by atoms with Crippen molar-refractivity contribution < 1.29 is 4.74 Å². The van der Waals surface area contributed by atoms with Gasteiger partial charge in [0.1, 0.15) is 11.8 Å². The monoisotopic (exact) mass is 330 g/mol. The topological polar surface area (TPSA) is 36.3 Å². The van der Waals surface area contributed by atoms with Crippen LogP contribution in [0.15, 0.2) is 46.9 Å². The number of anilines is 1. The van der Waals surface area contributed by atoms with Gasteiger partial charge in [-0.25, -0.2) is 0 Å². The first-order valence-electron chi connectivity index (χ1n) is 6.17. The molecule has 3 nitrogen and oxygen atoms in total. The minimum atomic E-state index is 0.657. The molecule has 102 valence electrons. The van der Waals surface area contributed by atoms with Crippen LogP contribution in [0.4, 0.5) is 5.69 Å². The Labute approximate surface area is 127 Å². The molecule has 0 aliphatic heterocycles. The van der Waals surface area contributed by atoms with Gasteiger partial charge in [-0.15, -0.1) is 0 Å². The van der Waals surface area contributed by atoms with Gasteiger partial charge in [0.15, 0.2) is 0 Å². The summed E-state index contributed by atoms with van der Waals surface area (Å²) in [6, 6.07) is 15.9. The van der Waals surface area contributed by atoms with E-state index in [-0.39, 0.29) is 0 Å². The summed E-state index contributed by atoms with van der Waals surface area (Å²) in [6.07, 6.45) is 0. The van der Waals surface area contributed by atoms with Crippen molar-refractivity contribution in [1.29, 1.82) is 5.26 Å².